The van der Waals surface area contributed by atoms with Crippen molar-refractivity contribution < 1.29 is 0 Å². The van der Waals surface area contributed by atoms with E-state index in [4.69, 9.17) is 0 Å². The minimum atomic E-state index is 0.828. The van der Waals surface area contributed by atoms with Crippen LogP contribution in [0.1, 0.15) is 59.3 Å². The minimum absolute atomic E-state index is 0.828. The Morgan fingerprint density at radius 1 is 0.929 bits per heavy atom. The van der Waals surface area contributed by atoms with E-state index < -0.39 is 0 Å². The molecule has 0 amide bonds. The van der Waals surface area contributed by atoms with Crippen LogP contribution in [0, 0.1) is 5.92 Å². The molecule has 0 aromatic carbocycles. The lowest BCUT2D eigenvalue weighted by molar-refractivity contribution is 0.163. The van der Waals surface area contributed by atoms with Crippen molar-refractivity contribution in [3.8, 4) is 0 Å². The van der Waals surface area contributed by atoms with Crippen LogP contribution in [0.5, 0.6) is 0 Å². The molecule has 1 heteroatoms. The van der Waals surface area contributed by atoms with Gasteiger partial charge in [-0.25, -0.2) is 0 Å². The van der Waals surface area contributed by atoms with Crippen molar-refractivity contribution in [3.63, 3.8) is 0 Å². The highest BCUT2D eigenvalue weighted by molar-refractivity contribution is 4.71. The molecule has 1 aliphatic heterocycles. The van der Waals surface area contributed by atoms with Crippen molar-refractivity contribution in [2.75, 3.05) is 13.1 Å². The first-order valence-corrected chi connectivity index (χ1v) is 6.44. The Bertz CT molecular complexity index is 136. The van der Waals surface area contributed by atoms with Gasteiger partial charge in [-0.3, -0.25) is 0 Å². The predicted molar refractivity (Wildman–Crippen MR) is 63.6 cm³/mol. The minimum Gasteiger partial charge on any atom is -0.301 e. The molecule has 14 heavy (non-hydrogen) atoms. The van der Waals surface area contributed by atoms with E-state index in [-0.39, 0.29) is 0 Å². The van der Waals surface area contributed by atoms with Gasteiger partial charge in [0, 0.05) is 6.04 Å². The second-order valence-corrected chi connectivity index (χ2v) is 5.27. The molecule has 0 bridgehead atoms. The summed E-state index contributed by atoms with van der Waals surface area (Å²) in [6.45, 7) is 9.76. The normalized spacial score (nSPS) is 21.4. The second kappa shape index (κ2) is 6.44. The maximum absolute atomic E-state index is 2.68. The molecule has 0 saturated carbocycles. The van der Waals surface area contributed by atoms with Crippen LogP contribution in [-0.4, -0.2) is 24.0 Å². The molecule has 0 N–H and O–H groups in total. The highest BCUT2D eigenvalue weighted by Gasteiger charge is 2.15. The molecular weight excluding hydrogens is 170 g/mol. The number of piperidine rings is 1. The van der Waals surface area contributed by atoms with Gasteiger partial charge in [-0.2, -0.15) is 0 Å². The van der Waals surface area contributed by atoms with Gasteiger partial charge in [-0.1, -0.05) is 33.1 Å². The van der Waals surface area contributed by atoms with Crippen LogP contribution in [0.3, 0.4) is 0 Å². The van der Waals surface area contributed by atoms with E-state index >= 15 is 0 Å². The molecule has 1 heterocycles. The van der Waals surface area contributed by atoms with E-state index in [0.29, 0.717) is 0 Å². The zero-order valence-corrected chi connectivity index (χ0v) is 10.3. The topological polar surface area (TPSA) is 3.24 Å². The quantitative estimate of drug-likeness (QED) is 0.650. The van der Waals surface area contributed by atoms with Crippen molar-refractivity contribution >= 4 is 0 Å². The Kier molecular flexibility index (Phi) is 5.54. The SMILES string of the molecule is CC(C)CCC[C@@H](C)N1CCCCC1. The van der Waals surface area contributed by atoms with Crippen LogP contribution < -0.4 is 0 Å². The van der Waals surface area contributed by atoms with Crippen molar-refractivity contribution in [1.82, 2.24) is 4.90 Å². The zero-order valence-electron chi connectivity index (χ0n) is 10.3. The van der Waals surface area contributed by atoms with E-state index in [1.165, 1.54) is 51.6 Å². The summed E-state index contributed by atoms with van der Waals surface area (Å²) in [4.78, 5) is 2.68. The van der Waals surface area contributed by atoms with Crippen LogP contribution in [-0.2, 0) is 0 Å². The smallest absolute Gasteiger partial charge is 0.00669 e. The monoisotopic (exact) mass is 197 g/mol. The van der Waals surface area contributed by atoms with E-state index in [9.17, 15) is 0 Å². The molecule has 0 aromatic rings. The number of rotatable bonds is 5. The third kappa shape index (κ3) is 4.45. The molecule has 1 aliphatic rings. The van der Waals surface area contributed by atoms with Crippen LogP contribution in [0.4, 0.5) is 0 Å². The van der Waals surface area contributed by atoms with Gasteiger partial charge in [0.15, 0.2) is 0 Å². The largest absolute Gasteiger partial charge is 0.301 e. The fourth-order valence-corrected chi connectivity index (χ4v) is 2.36. The second-order valence-electron chi connectivity index (χ2n) is 5.27. The van der Waals surface area contributed by atoms with Crippen LogP contribution in [0.15, 0.2) is 0 Å². The number of hydrogen-bond donors (Lipinski definition) is 0. The van der Waals surface area contributed by atoms with Crippen molar-refractivity contribution in [1.29, 1.82) is 0 Å². The van der Waals surface area contributed by atoms with Gasteiger partial charge in [0.05, 0.1) is 0 Å². The molecule has 1 fully saturated rings. The van der Waals surface area contributed by atoms with Crippen molar-refractivity contribution in [3.05, 3.63) is 0 Å². The van der Waals surface area contributed by atoms with Gasteiger partial charge in [0.25, 0.3) is 0 Å². The summed E-state index contributed by atoms with van der Waals surface area (Å²) in [5, 5.41) is 0. The summed E-state index contributed by atoms with van der Waals surface area (Å²) in [6, 6.07) is 0.828. The third-order valence-electron chi connectivity index (χ3n) is 3.42. The lowest BCUT2D eigenvalue weighted by Crippen LogP contribution is -2.37. The standard InChI is InChI=1S/C13H27N/c1-12(2)8-7-9-13(3)14-10-5-4-6-11-14/h12-13H,4-11H2,1-3H3/t13-/m1/s1. The molecule has 0 spiro atoms. The summed E-state index contributed by atoms with van der Waals surface area (Å²) in [5.41, 5.74) is 0. The number of likely N-dealkylation sites (tertiary alicyclic amines) is 1. The van der Waals surface area contributed by atoms with E-state index in [0.717, 1.165) is 12.0 Å². The molecule has 84 valence electrons. The first kappa shape index (κ1) is 12.0. The van der Waals surface area contributed by atoms with Gasteiger partial charge in [0.1, 0.15) is 0 Å². The summed E-state index contributed by atoms with van der Waals surface area (Å²) >= 11 is 0. The Hall–Kier alpha value is -0.0400. The van der Waals surface area contributed by atoms with Gasteiger partial charge < -0.3 is 4.90 Å². The molecule has 0 radical (unpaired) electrons. The first-order valence-electron chi connectivity index (χ1n) is 6.44. The summed E-state index contributed by atoms with van der Waals surface area (Å²) in [5.74, 6) is 0.878. The lowest BCUT2D eigenvalue weighted by Gasteiger charge is -2.32. The lowest BCUT2D eigenvalue weighted by atomic mass is 10.0. The van der Waals surface area contributed by atoms with Gasteiger partial charge in [0.2, 0.25) is 0 Å². The Morgan fingerprint density at radius 3 is 2.14 bits per heavy atom. The third-order valence-corrected chi connectivity index (χ3v) is 3.42. The number of hydrogen-bond acceptors (Lipinski definition) is 1. The fraction of sp³-hybridized carbons (Fsp3) is 1.00. The van der Waals surface area contributed by atoms with Gasteiger partial charge in [-0.15, -0.1) is 0 Å². The maximum atomic E-state index is 2.68. The maximum Gasteiger partial charge on any atom is 0.00669 e. The van der Waals surface area contributed by atoms with E-state index in [1.54, 1.807) is 0 Å². The van der Waals surface area contributed by atoms with E-state index in [1.807, 2.05) is 0 Å². The van der Waals surface area contributed by atoms with Crippen LogP contribution in [0.25, 0.3) is 0 Å². The Labute approximate surface area is 89.9 Å². The molecule has 1 rings (SSSR count). The Morgan fingerprint density at radius 2 is 1.57 bits per heavy atom. The molecule has 1 saturated heterocycles. The van der Waals surface area contributed by atoms with Gasteiger partial charge >= 0.3 is 0 Å². The van der Waals surface area contributed by atoms with Crippen LogP contribution >= 0.6 is 0 Å². The van der Waals surface area contributed by atoms with Crippen molar-refractivity contribution in [2.24, 2.45) is 5.92 Å². The highest BCUT2D eigenvalue weighted by atomic mass is 15.1. The molecule has 0 unspecified atom stereocenters. The summed E-state index contributed by atoms with van der Waals surface area (Å²) in [6.07, 6.45) is 8.52. The highest BCUT2D eigenvalue weighted by Crippen LogP contribution is 2.16. The average molecular weight is 197 g/mol. The molecular formula is C13H27N. The first-order chi connectivity index (χ1) is 6.70. The predicted octanol–water partition coefficient (Wildman–Crippen LogP) is 3.69. The van der Waals surface area contributed by atoms with Crippen LogP contribution in [0.2, 0.25) is 0 Å². The Balaban J connectivity index is 2.10. The van der Waals surface area contributed by atoms with E-state index in [2.05, 4.69) is 25.7 Å². The number of nitrogens with zero attached hydrogens (tertiary/aromatic N) is 1. The van der Waals surface area contributed by atoms with Crippen molar-refractivity contribution in [2.45, 2.75) is 65.3 Å². The summed E-state index contributed by atoms with van der Waals surface area (Å²) in [7, 11) is 0. The molecule has 0 aliphatic carbocycles. The summed E-state index contributed by atoms with van der Waals surface area (Å²) < 4.78 is 0. The average Bonchev–Trinajstić information content (AvgIpc) is 2.18. The molecule has 1 atom stereocenters. The molecule has 0 aromatic heterocycles. The fourth-order valence-electron chi connectivity index (χ4n) is 2.36. The van der Waals surface area contributed by atoms with Gasteiger partial charge in [-0.05, 0) is 45.2 Å². The zero-order chi connectivity index (χ0) is 10.4. The molecule has 1 nitrogen and oxygen atoms in total.